The first kappa shape index (κ1) is 22.4. The van der Waals surface area contributed by atoms with Gasteiger partial charge in [0, 0.05) is 47.8 Å². The number of para-hydroxylation sites is 2. The lowest BCUT2D eigenvalue weighted by Gasteiger charge is -2.09. The van der Waals surface area contributed by atoms with E-state index in [0.717, 1.165) is 38.6 Å². The molecule has 8 rings (SSSR count). The van der Waals surface area contributed by atoms with Gasteiger partial charge in [-0.1, -0.05) is 78.9 Å². The molecule has 0 fully saturated rings. The lowest BCUT2D eigenvalue weighted by molar-refractivity contribution is 1.07. The zero-order chi connectivity index (χ0) is 25.9. The zero-order valence-corrected chi connectivity index (χ0v) is 22.1. The molecular formula is C33H19ClN4S. The number of thiophene rings is 1. The van der Waals surface area contributed by atoms with Gasteiger partial charge in [-0.2, -0.15) is 9.97 Å². The Morgan fingerprint density at radius 3 is 2.18 bits per heavy atom. The van der Waals surface area contributed by atoms with Crippen molar-refractivity contribution in [1.29, 1.82) is 0 Å². The summed E-state index contributed by atoms with van der Waals surface area (Å²) in [5, 5.41) is 4.90. The van der Waals surface area contributed by atoms with Crippen molar-refractivity contribution in [3.63, 3.8) is 0 Å². The first-order valence-electron chi connectivity index (χ1n) is 12.7. The molecule has 0 aliphatic carbocycles. The Bertz CT molecular complexity index is 2200. The maximum atomic E-state index is 6.54. The van der Waals surface area contributed by atoms with Crippen LogP contribution in [0.1, 0.15) is 0 Å². The van der Waals surface area contributed by atoms with E-state index in [1.807, 2.05) is 6.07 Å². The third kappa shape index (κ3) is 3.55. The number of nitrogens with zero attached hydrogens (tertiary/aromatic N) is 4. The highest BCUT2D eigenvalue weighted by Crippen LogP contribution is 2.39. The van der Waals surface area contributed by atoms with Crippen molar-refractivity contribution in [3.8, 4) is 28.5 Å². The molecule has 0 saturated heterocycles. The van der Waals surface area contributed by atoms with Crippen LogP contribution in [0.3, 0.4) is 0 Å². The Hall–Kier alpha value is -4.58. The SMILES string of the molecule is Clc1nc(-c2ccc3c(c2)sc2ccccc23)nc(-c2cccc3c2c2ccccc2n3-c2ccccc2)n1. The highest BCUT2D eigenvalue weighted by atomic mass is 35.5. The number of aromatic nitrogens is 4. The molecule has 0 radical (unpaired) electrons. The van der Waals surface area contributed by atoms with Gasteiger partial charge in [-0.3, -0.25) is 0 Å². The van der Waals surface area contributed by atoms with Gasteiger partial charge in [-0.25, -0.2) is 4.98 Å². The standard InChI is InChI=1S/C33H19ClN4S/c34-33-36-31(20-17-18-23-22-11-5-7-16-28(22)39-29(23)19-20)35-32(37-33)25-13-8-15-27-30(25)24-12-4-6-14-26(24)38(27)21-9-2-1-3-10-21/h1-19H. The third-order valence-corrected chi connectivity index (χ3v) is 8.50. The molecule has 4 nitrogen and oxygen atoms in total. The molecule has 0 amide bonds. The molecule has 3 heterocycles. The quantitative estimate of drug-likeness (QED) is 0.225. The Morgan fingerprint density at radius 1 is 0.564 bits per heavy atom. The van der Waals surface area contributed by atoms with E-state index in [4.69, 9.17) is 16.6 Å². The molecule has 5 aromatic carbocycles. The summed E-state index contributed by atoms with van der Waals surface area (Å²) in [6, 6.07) is 40.0. The lowest BCUT2D eigenvalue weighted by Crippen LogP contribution is -1.98. The summed E-state index contributed by atoms with van der Waals surface area (Å²) >= 11 is 8.31. The minimum Gasteiger partial charge on any atom is -0.309 e. The molecule has 0 aliphatic rings. The molecule has 184 valence electrons. The maximum Gasteiger partial charge on any atom is 0.226 e. The molecular weight excluding hydrogens is 520 g/mol. The molecule has 0 aliphatic heterocycles. The lowest BCUT2D eigenvalue weighted by atomic mass is 10.1. The van der Waals surface area contributed by atoms with Crippen molar-refractivity contribution < 1.29 is 0 Å². The van der Waals surface area contributed by atoms with Crippen LogP contribution in [0.15, 0.2) is 115 Å². The number of hydrogen-bond acceptors (Lipinski definition) is 4. The second-order valence-corrected chi connectivity index (χ2v) is 10.9. The van der Waals surface area contributed by atoms with E-state index in [-0.39, 0.29) is 5.28 Å². The summed E-state index contributed by atoms with van der Waals surface area (Å²) in [5.41, 5.74) is 5.16. The Balaban J connectivity index is 1.35. The van der Waals surface area contributed by atoms with Crippen LogP contribution in [0.4, 0.5) is 0 Å². The molecule has 8 aromatic rings. The minimum absolute atomic E-state index is 0.176. The molecule has 3 aromatic heterocycles. The summed E-state index contributed by atoms with van der Waals surface area (Å²) in [6.45, 7) is 0. The van der Waals surface area contributed by atoms with Crippen LogP contribution in [-0.4, -0.2) is 19.5 Å². The summed E-state index contributed by atoms with van der Waals surface area (Å²) in [7, 11) is 0. The summed E-state index contributed by atoms with van der Waals surface area (Å²) in [5.74, 6) is 1.12. The van der Waals surface area contributed by atoms with Crippen LogP contribution in [0.2, 0.25) is 5.28 Å². The van der Waals surface area contributed by atoms with Crippen LogP contribution in [0, 0.1) is 0 Å². The van der Waals surface area contributed by atoms with Gasteiger partial charge in [0.25, 0.3) is 0 Å². The molecule has 0 unspecified atom stereocenters. The Morgan fingerprint density at radius 2 is 1.28 bits per heavy atom. The molecule has 39 heavy (non-hydrogen) atoms. The van der Waals surface area contributed by atoms with Crippen LogP contribution < -0.4 is 0 Å². The van der Waals surface area contributed by atoms with E-state index < -0.39 is 0 Å². The van der Waals surface area contributed by atoms with E-state index in [9.17, 15) is 0 Å². The van der Waals surface area contributed by atoms with Gasteiger partial charge in [0.15, 0.2) is 11.6 Å². The normalized spacial score (nSPS) is 11.7. The van der Waals surface area contributed by atoms with Gasteiger partial charge in [0.1, 0.15) is 0 Å². The summed E-state index contributed by atoms with van der Waals surface area (Å²) in [6.07, 6.45) is 0. The second-order valence-electron chi connectivity index (χ2n) is 9.45. The van der Waals surface area contributed by atoms with Crippen molar-refractivity contribution >= 4 is 64.9 Å². The van der Waals surface area contributed by atoms with Gasteiger partial charge in [0.2, 0.25) is 5.28 Å². The number of hydrogen-bond donors (Lipinski definition) is 0. The van der Waals surface area contributed by atoms with Gasteiger partial charge >= 0.3 is 0 Å². The fourth-order valence-corrected chi connectivity index (χ4v) is 6.83. The first-order chi connectivity index (χ1) is 19.2. The number of rotatable bonds is 3. The zero-order valence-electron chi connectivity index (χ0n) is 20.5. The minimum atomic E-state index is 0.176. The fraction of sp³-hybridized carbons (Fsp3) is 0. The van der Waals surface area contributed by atoms with Crippen LogP contribution in [0.25, 0.3) is 70.4 Å². The molecule has 0 saturated carbocycles. The van der Waals surface area contributed by atoms with Gasteiger partial charge in [-0.15, -0.1) is 11.3 Å². The van der Waals surface area contributed by atoms with Crippen LogP contribution in [0.5, 0.6) is 0 Å². The molecule has 0 spiro atoms. The highest BCUT2D eigenvalue weighted by molar-refractivity contribution is 7.25. The molecule has 6 heteroatoms. The second kappa shape index (κ2) is 8.73. The Labute approximate surface area is 232 Å². The third-order valence-electron chi connectivity index (χ3n) is 7.20. The van der Waals surface area contributed by atoms with E-state index >= 15 is 0 Å². The van der Waals surface area contributed by atoms with E-state index in [0.29, 0.717) is 11.6 Å². The Kier molecular flexibility index (Phi) is 5.02. The number of fused-ring (bicyclic) bond motifs is 6. The van der Waals surface area contributed by atoms with Crippen molar-refractivity contribution in [2.45, 2.75) is 0 Å². The van der Waals surface area contributed by atoms with Gasteiger partial charge < -0.3 is 4.57 Å². The predicted molar refractivity (Wildman–Crippen MR) is 163 cm³/mol. The van der Waals surface area contributed by atoms with Gasteiger partial charge in [0.05, 0.1) is 11.0 Å². The predicted octanol–water partition coefficient (Wildman–Crippen LogP) is 9.32. The van der Waals surface area contributed by atoms with Crippen molar-refractivity contribution in [2.75, 3.05) is 0 Å². The highest BCUT2D eigenvalue weighted by Gasteiger charge is 2.19. The molecule has 0 N–H and O–H groups in total. The van der Waals surface area contributed by atoms with Crippen LogP contribution in [-0.2, 0) is 0 Å². The summed E-state index contributed by atoms with van der Waals surface area (Å²) < 4.78 is 4.74. The topological polar surface area (TPSA) is 43.6 Å². The van der Waals surface area contributed by atoms with E-state index in [1.165, 1.54) is 20.2 Å². The monoisotopic (exact) mass is 538 g/mol. The van der Waals surface area contributed by atoms with E-state index in [1.54, 1.807) is 11.3 Å². The van der Waals surface area contributed by atoms with E-state index in [2.05, 4.69) is 124 Å². The average Bonchev–Trinajstić information content (AvgIpc) is 3.52. The maximum absolute atomic E-state index is 6.54. The van der Waals surface area contributed by atoms with Crippen molar-refractivity contribution in [3.05, 3.63) is 121 Å². The largest absolute Gasteiger partial charge is 0.309 e. The molecule has 0 atom stereocenters. The van der Waals surface area contributed by atoms with Gasteiger partial charge in [-0.05, 0) is 48.0 Å². The average molecular weight is 539 g/mol. The number of benzene rings is 5. The van der Waals surface area contributed by atoms with Crippen molar-refractivity contribution in [2.24, 2.45) is 0 Å². The summed E-state index contributed by atoms with van der Waals surface area (Å²) in [4.78, 5) is 14.1. The van der Waals surface area contributed by atoms with Crippen molar-refractivity contribution in [1.82, 2.24) is 19.5 Å². The fourth-order valence-electron chi connectivity index (χ4n) is 5.53. The first-order valence-corrected chi connectivity index (χ1v) is 13.9. The van der Waals surface area contributed by atoms with Crippen LogP contribution >= 0.6 is 22.9 Å². The smallest absolute Gasteiger partial charge is 0.226 e. The number of halogens is 1. The molecule has 0 bridgehead atoms.